The molecule has 0 fully saturated rings. The van der Waals surface area contributed by atoms with Gasteiger partial charge in [0.25, 0.3) is 5.82 Å². The quantitative estimate of drug-likeness (QED) is 0.249. The van der Waals surface area contributed by atoms with Gasteiger partial charge in [0.2, 0.25) is 0 Å². The molecule has 1 aromatic heterocycles. The Kier molecular flexibility index (Phi) is 6.55. The maximum absolute atomic E-state index is 12.6. The molecule has 32 heavy (non-hydrogen) atoms. The van der Waals surface area contributed by atoms with Gasteiger partial charge in [-0.25, -0.2) is 14.5 Å². The zero-order chi connectivity index (χ0) is 22.7. The third-order valence-corrected chi connectivity index (χ3v) is 5.22. The maximum Gasteiger partial charge on any atom is 0.378 e. The van der Waals surface area contributed by atoms with Gasteiger partial charge in [0.15, 0.2) is 18.2 Å². The van der Waals surface area contributed by atoms with E-state index < -0.39 is 12.6 Å². The molecule has 9 heteroatoms. The highest BCUT2D eigenvalue weighted by Gasteiger charge is 2.21. The molecule has 6 nitrogen and oxygen atoms in total. The average Bonchev–Trinajstić information content (AvgIpc) is 3.24. The molecular weight excluding hydrogens is 473 g/mol. The van der Waals surface area contributed by atoms with Gasteiger partial charge in [0.1, 0.15) is 0 Å². The Labute approximate surface area is 198 Å². The summed E-state index contributed by atoms with van der Waals surface area (Å²) in [5.74, 6) is -0.978. The van der Waals surface area contributed by atoms with Crippen molar-refractivity contribution in [3.63, 3.8) is 0 Å². The van der Waals surface area contributed by atoms with Crippen molar-refractivity contribution in [1.82, 2.24) is 14.8 Å². The molecule has 0 bridgehead atoms. The first kappa shape index (κ1) is 22.0. The number of rotatable bonds is 6. The minimum atomic E-state index is -0.824. The van der Waals surface area contributed by atoms with E-state index in [1.807, 2.05) is 0 Å². The first-order valence-electron chi connectivity index (χ1n) is 9.35. The molecule has 0 spiro atoms. The number of esters is 1. The number of halogens is 3. The predicted molar refractivity (Wildman–Crippen MR) is 123 cm³/mol. The fourth-order valence-electron chi connectivity index (χ4n) is 2.86. The van der Waals surface area contributed by atoms with Crippen molar-refractivity contribution in [2.45, 2.75) is 0 Å². The van der Waals surface area contributed by atoms with Crippen molar-refractivity contribution in [1.29, 1.82) is 0 Å². The molecule has 0 saturated carbocycles. The molecule has 0 atom stereocenters. The minimum Gasteiger partial charge on any atom is -0.451 e. The Balaban J connectivity index is 1.60. The van der Waals surface area contributed by atoms with Crippen LogP contribution in [0.1, 0.15) is 21.0 Å². The van der Waals surface area contributed by atoms with Crippen LogP contribution in [0.5, 0.6) is 0 Å². The molecule has 0 radical (unpaired) electrons. The summed E-state index contributed by atoms with van der Waals surface area (Å²) in [6.45, 7) is -0.452. The lowest BCUT2D eigenvalue weighted by Gasteiger charge is -2.06. The second kappa shape index (κ2) is 9.53. The summed E-state index contributed by atoms with van der Waals surface area (Å²) < 4.78 is 6.65. The number of hydrogen-bond donors (Lipinski definition) is 0. The van der Waals surface area contributed by atoms with Gasteiger partial charge in [0, 0.05) is 26.2 Å². The SMILES string of the molecule is O=C(COC(=O)c1nc(-c2ccc(Cl)cc2)n(-c2ccc(Cl)cc2)n1)c1ccc(Cl)cc1. The molecule has 160 valence electrons. The number of nitrogens with zero attached hydrogens (tertiary/aromatic N) is 3. The number of aromatic nitrogens is 3. The molecule has 0 N–H and O–H groups in total. The lowest BCUT2D eigenvalue weighted by Crippen LogP contribution is -2.15. The Morgan fingerprint density at radius 1 is 0.781 bits per heavy atom. The highest BCUT2D eigenvalue weighted by molar-refractivity contribution is 6.31. The summed E-state index contributed by atoms with van der Waals surface area (Å²) in [5, 5.41) is 5.92. The van der Waals surface area contributed by atoms with Gasteiger partial charge in [-0.1, -0.05) is 34.8 Å². The van der Waals surface area contributed by atoms with Gasteiger partial charge < -0.3 is 4.74 Å². The van der Waals surface area contributed by atoms with Crippen molar-refractivity contribution in [3.8, 4) is 17.1 Å². The highest BCUT2D eigenvalue weighted by atomic mass is 35.5. The molecular formula is C23H14Cl3N3O3. The minimum absolute atomic E-state index is 0.186. The molecule has 0 aliphatic heterocycles. The van der Waals surface area contributed by atoms with Crippen LogP contribution in [0.4, 0.5) is 0 Å². The first-order valence-corrected chi connectivity index (χ1v) is 10.5. The summed E-state index contributed by atoms with van der Waals surface area (Å²) >= 11 is 17.8. The summed E-state index contributed by atoms with van der Waals surface area (Å²) in [5.41, 5.74) is 1.71. The van der Waals surface area contributed by atoms with Gasteiger partial charge in [0.05, 0.1) is 5.69 Å². The van der Waals surface area contributed by atoms with Gasteiger partial charge >= 0.3 is 5.97 Å². The predicted octanol–water partition coefficient (Wildman–Crippen LogP) is 5.93. The van der Waals surface area contributed by atoms with Gasteiger partial charge in [-0.3, -0.25) is 4.79 Å². The number of benzene rings is 3. The monoisotopic (exact) mass is 485 g/mol. The molecule has 0 saturated heterocycles. The lowest BCUT2D eigenvalue weighted by atomic mass is 10.1. The van der Waals surface area contributed by atoms with Gasteiger partial charge in [-0.15, -0.1) is 5.10 Å². The number of carbonyl (C=O) groups is 2. The van der Waals surface area contributed by atoms with E-state index in [1.165, 1.54) is 4.68 Å². The van der Waals surface area contributed by atoms with E-state index >= 15 is 0 Å². The maximum atomic E-state index is 12.6. The normalized spacial score (nSPS) is 10.7. The zero-order valence-electron chi connectivity index (χ0n) is 16.3. The van der Waals surface area contributed by atoms with E-state index in [0.717, 1.165) is 0 Å². The molecule has 0 aliphatic rings. The number of Topliss-reactive ketones (excluding diaryl/α,β-unsaturated/α-hetero) is 1. The summed E-state index contributed by atoms with van der Waals surface area (Å²) in [4.78, 5) is 29.2. The third-order valence-electron chi connectivity index (χ3n) is 4.46. The number of hydrogen-bond acceptors (Lipinski definition) is 5. The summed E-state index contributed by atoms with van der Waals surface area (Å²) in [6, 6.07) is 20.1. The topological polar surface area (TPSA) is 74.1 Å². The van der Waals surface area contributed by atoms with Crippen LogP contribution < -0.4 is 0 Å². The van der Waals surface area contributed by atoms with Crippen LogP contribution in [0.25, 0.3) is 17.1 Å². The number of ether oxygens (including phenoxy) is 1. The first-order chi connectivity index (χ1) is 15.4. The van der Waals surface area contributed by atoms with E-state index in [4.69, 9.17) is 39.5 Å². The molecule has 1 heterocycles. The van der Waals surface area contributed by atoms with Gasteiger partial charge in [-0.05, 0) is 72.8 Å². The highest BCUT2D eigenvalue weighted by Crippen LogP contribution is 2.24. The van der Waals surface area contributed by atoms with E-state index in [2.05, 4.69) is 10.1 Å². The Bertz CT molecular complexity index is 1210. The van der Waals surface area contributed by atoms with E-state index in [1.54, 1.807) is 72.8 Å². The van der Waals surface area contributed by atoms with Crippen molar-refractivity contribution in [2.24, 2.45) is 0 Å². The summed E-state index contributed by atoms with van der Waals surface area (Å²) in [6.07, 6.45) is 0. The second-order valence-electron chi connectivity index (χ2n) is 6.66. The van der Waals surface area contributed by atoms with Crippen LogP contribution >= 0.6 is 34.8 Å². The Morgan fingerprint density at radius 3 is 1.91 bits per heavy atom. The lowest BCUT2D eigenvalue weighted by molar-refractivity contribution is 0.0462. The fraction of sp³-hybridized carbons (Fsp3) is 0.0435. The van der Waals surface area contributed by atoms with Crippen LogP contribution in [0.3, 0.4) is 0 Å². The smallest absolute Gasteiger partial charge is 0.378 e. The molecule has 4 aromatic rings. The van der Waals surface area contributed by atoms with E-state index in [0.29, 0.717) is 37.7 Å². The third kappa shape index (κ3) is 4.99. The van der Waals surface area contributed by atoms with Crippen LogP contribution in [0.2, 0.25) is 15.1 Å². The Morgan fingerprint density at radius 2 is 1.31 bits per heavy atom. The standard InChI is InChI=1S/C23H14Cl3N3O3/c24-16-5-1-14(2-6-16)20(30)13-32-23(31)21-27-22(15-3-7-17(25)8-4-15)29(28-21)19-11-9-18(26)10-12-19/h1-12H,13H2. The van der Waals surface area contributed by atoms with Crippen molar-refractivity contribution in [2.75, 3.05) is 6.61 Å². The molecule has 0 aliphatic carbocycles. The average molecular weight is 487 g/mol. The van der Waals surface area contributed by atoms with Crippen LogP contribution in [-0.2, 0) is 4.74 Å². The van der Waals surface area contributed by atoms with E-state index in [9.17, 15) is 9.59 Å². The van der Waals surface area contributed by atoms with E-state index in [-0.39, 0.29) is 11.6 Å². The van der Waals surface area contributed by atoms with Crippen molar-refractivity contribution >= 4 is 46.6 Å². The molecule has 3 aromatic carbocycles. The zero-order valence-corrected chi connectivity index (χ0v) is 18.6. The summed E-state index contributed by atoms with van der Waals surface area (Å²) in [7, 11) is 0. The largest absolute Gasteiger partial charge is 0.451 e. The number of ketones is 1. The van der Waals surface area contributed by atoms with Gasteiger partial charge in [-0.2, -0.15) is 0 Å². The second-order valence-corrected chi connectivity index (χ2v) is 7.97. The molecule has 4 rings (SSSR count). The van der Waals surface area contributed by atoms with Crippen molar-refractivity contribution in [3.05, 3.63) is 99.3 Å². The van der Waals surface area contributed by atoms with Crippen molar-refractivity contribution < 1.29 is 14.3 Å². The molecule has 0 amide bonds. The fourth-order valence-corrected chi connectivity index (χ4v) is 3.24. The van der Waals surface area contributed by atoms with Crippen LogP contribution in [0.15, 0.2) is 72.8 Å². The van der Waals surface area contributed by atoms with Crippen LogP contribution in [0, 0.1) is 0 Å². The molecule has 0 unspecified atom stereocenters. The Hall–Kier alpha value is -3.19. The van der Waals surface area contributed by atoms with Crippen LogP contribution in [-0.4, -0.2) is 33.1 Å². The number of carbonyl (C=O) groups excluding carboxylic acids is 2.